The van der Waals surface area contributed by atoms with E-state index in [0.29, 0.717) is 18.7 Å². The average molecular weight is 434 g/mol. The second-order valence-electron chi connectivity index (χ2n) is 6.84. The van der Waals surface area contributed by atoms with Gasteiger partial charge in [-0.25, -0.2) is 5.48 Å². The molecule has 0 saturated heterocycles. The summed E-state index contributed by atoms with van der Waals surface area (Å²) in [5.41, 5.74) is 2.60. The van der Waals surface area contributed by atoms with E-state index >= 15 is 0 Å². The lowest BCUT2D eigenvalue weighted by molar-refractivity contribution is -0.129. The number of hydrogen-bond donors (Lipinski definition) is 5. The molecule has 0 unspecified atom stereocenters. The number of hydroxylamine groups is 1. The summed E-state index contributed by atoms with van der Waals surface area (Å²) in [4.78, 5) is 36.4. The third-order valence-electron chi connectivity index (χ3n) is 4.39. The number of rotatable bonds is 13. The van der Waals surface area contributed by atoms with Crippen LogP contribution < -0.4 is 16.1 Å². The molecule has 0 bridgehead atoms. The molecule has 31 heavy (non-hydrogen) atoms. The van der Waals surface area contributed by atoms with Crippen LogP contribution in [0.1, 0.15) is 54.4 Å². The minimum atomic E-state index is -0.927. The molecule has 1 atom stereocenters. The van der Waals surface area contributed by atoms with Crippen LogP contribution in [0, 0.1) is 11.8 Å². The summed E-state index contributed by atoms with van der Waals surface area (Å²) in [6, 6.07) is 5.66. The summed E-state index contributed by atoms with van der Waals surface area (Å²) in [6.07, 6.45) is 3.11. The van der Waals surface area contributed by atoms with Crippen molar-refractivity contribution in [2.75, 3.05) is 26.9 Å². The molecule has 0 aliphatic rings. The first kappa shape index (κ1) is 26.1. The summed E-state index contributed by atoms with van der Waals surface area (Å²) in [7, 11) is 1.55. The number of unbranched alkanes of at least 4 members (excludes halogenated alkanes) is 3. The van der Waals surface area contributed by atoms with Crippen LogP contribution in [-0.2, 0) is 14.3 Å². The van der Waals surface area contributed by atoms with E-state index < -0.39 is 23.8 Å². The maximum Gasteiger partial charge on any atom is 0.251 e. The van der Waals surface area contributed by atoms with E-state index in [4.69, 9.17) is 15.1 Å². The van der Waals surface area contributed by atoms with E-state index in [-0.39, 0.29) is 19.4 Å². The van der Waals surface area contributed by atoms with Crippen molar-refractivity contribution in [3.63, 3.8) is 0 Å². The Morgan fingerprint density at radius 1 is 1.10 bits per heavy atom. The molecule has 0 spiro atoms. The summed E-state index contributed by atoms with van der Waals surface area (Å²) in [5, 5.41) is 22.8. The summed E-state index contributed by atoms with van der Waals surface area (Å²) >= 11 is 0. The third-order valence-corrected chi connectivity index (χ3v) is 4.39. The lowest BCUT2D eigenvalue weighted by Gasteiger charge is -2.18. The van der Waals surface area contributed by atoms with Crippen LogP contribution in [0.2, 0.25) is 0 Å². The average Bonchev–Trinajstić information content (AvgIpc) is 2.78. The Balaban J connectivity index is 2.68. The second-order valence-corrected chi connectivity index (χ2v) is 6.84. The quantitative estimate of drug-likeness (QED) is 0.135. The highest BCUT2D eigenvalue weighted by atomic mass is 16.5. The summed E-state index contributed by atoms with van der Waals surface area (Å²) in [5.74, 6) is 4.22. The summed E-state index contributed by atoms with van der Waals surface area (Å²) in [6.45, 7) is 0.883. The first-order valence-electron chi connectivity index (χ1n) is 10.2. The number of hydrogen-bond acceptors (Lipinski definition) is 6. The molecular weight excluding hydrogens is 402 g/mol. The molecule has 1 aromatic rings. The van der Waals surface area contributed by atoms with Crippen molar-refractivity contribution in [2.45, 2.75) is 44.6 Å². The number of methoxy groups -OCH3 is 1. The van der Waals surface area contributed by atoms with Crippen molar-refractivity contribution in [2.24, 2.45) is 0 Å². The lowest BCUT2D eigenvalue weighted by atomic mass is 10.1. The second kappa shape index (κ2) is 15.8. The Morgan fingerprint density at radius 3 is 2.45 bits per heavy atom. The zero-order valence-corrected chi connectivity index (χ0v) is 17.8. The zero-order valence-electron chi connectivity index (χ0n) is 17.8. The maximum atomic E-state index is 12.6. The number of benzene rings is 1. The number of aliphatic hydroxyl groups excluding tert-OH is 1. The Morgan fingerprint density at radius 2 is 1.81 bits per heavy atom. The van der Waals surface area contributed by atoms with Gasteiger partial charge in [0.1, 0.15) is 12.6 Å². The Bertz CT molecular complexity index is 755. The fraction of sp³-hybridized carbons (Fsp3) is 0.500. The largest absolute Gasteiger partial charge is 0.396 e. The molecule has 1 aromatic carbocycles. The van der Waals surface area contributed by atoms with Gasteiger partial charge in [-0.2, -0.15) is 0 Å². The van der Waals surface area contributed by atoms with Crippen LogP contribution in [0.15, 0.2) is 24.3 Å². The van der Waals surface area contributed by atoms with E-state index in [9.17, 15) is 14.4 Å². The van der Waals surface area contributed by atoms with E-state index in [1.165, 1.54) is 5.48 Å². The van der Waals surface area contributed by atoms with E-state index in [2.05, 4.69) is 22.5 Å². The molecule has 0 aliphatic heterocycles. The van der Waals surface area contributed by atoms with Crippen molar-refractivity contribution in [1.29, 1.82) is 0 Å². The van der Waals surface area contributed by atoms with Crippen LogP contribution >= 0.6 is 0 Å². The molecule has 5 N–H and O–H groups in total. The number of ether oxygens (including phenoxy) is 1. The fourth-order valence-corrected chi connectivity index (χ4v) is 2.68. The first-order valence-corrected chi connectivity index (χ1v) is 10.2. The van der Waals surface area contributed by atoms with Gasteiger partial charge < -0.3 is 20.5 Å². The third kappa shape index (κ3) is 11.1. The molecule has 3 amide bonds. The molecule has 0 fully saturated rings. The topological polar surface area (TPSA) is 137 Å². The van der Waals surface area contributed by atoms with Crippen molar-refractivity contribution in [3.05, 3.63) is 35.4 Å². The standard InChI is InChI=1S/C22H31N3O6/c1-31-16-6-7-17-8-10-18(11-9-17)21(28)24-19(12-13-20(27)25-30)22(29)23-14-4-2-3-5-15-26/h8-11,19,26,30H,2-5,12-16H2,1H3,(H,23,29)(H,24,28)(H,25,27)/t19-/m0/s1. The van der Waals surface area contributed by atoms with Gasteiger partial charge in [-0.3, -0.25) is 19.6 Å². The SMILES string of the molecule is COCC#Cc1ccc(C(=O)N[C@@H](CCC(=O)NO)C(=O)NCCCCCCO)cc1. The maximum absolute atomic E-state index is 12.6. The monoisotopic (exact) mass is 433 g/mol. The molecule has 1 rings (SSSR count). The molecule has 0 radical (unpaired) electrons. The lowest BCUT2D eigenvalue weighted by Crippen LogP contribution is -2.47. The minimum Gasteiger partial charge on any atom is -0.396 e. The molecule has 0 aliphatic carbocycles. The fourth-order valence-electron chi connectivity index (χ4n) is 2.68. The van der Waals surface area contributed by atoms with E-state index in [1.54, 1.807) is 31.4 Å². The molecule has 170 valence electrons. The Labute approximate surface area is 182 Å². The predicted molar refractivity (Wildman–Crippen MR) is 114 cm³/mol. The Hall–Kier alpha value is -2.93. The molecule has 9 nitrogen and oxygen atoms in total. The van der Waals surface area contributed by atoms with Gasteiger partial charge in [0, 0.05) is 37.8 Å². The number of amides is 3. The highest BCUT2D eigenvalue weighted by molar-refractivity contribution is 5.97. The molecule has 0 heterocycles. The van der Waals surface area contributed by atoms with Crippen molar-refractivity contribution in [1.82, 2.24) is 16.1 Å². The van der Waals surface area contributed by atoms with Gasteiger partial charge in [-0.1, -0.05) is 24.7 Å². The predicted octanol–water partition coefficient (Wildman–Crippen LogP) is 0.737. The van der Waals surface area contributed by atoms with Crippen LogP contribution in [0.5, 0.6) is 0 Å². The van der Waals surface area contributed by atoms with Crippen LogP contribution in [0.25, 0.3) is 0 Å². The van der Waals surface area contributed by atoms with Gasteiger partial charge in [0.25, 0.3) is 5.91 Å². The van der Waals surface area contributed by atoms with Crippen LogP contribution in [-0.4, -0.2) is 60.9 Å². The van der Waals surface area contributed by atoms with Gasteiger partial charge in [-0.15, -0.1) is 0 Å². The highest BCUT2D eigenvalue weighted by Gasteiger charge is 2.22. The van der Waals surface area contributed by atoms with Crippen LogP contribution in [0.3, 0.4) is 0 Å². The first-order chi connectivity index (χ1) is 15.0. The number of nitrogens with one attached hydrogen (secondary N) is 3. The van der Waals surface area contributed by atoms with Gasteiger partial charge in [0.15, 0.2) is 0 Å². The highest BCUT2D eigenvalue weighted by Crippen LogP contribution is 2.06. The van der Waals surface area contributed by atoms with Gasteiger partial charge in [0.2, 0.25) is 11.8 Å². The molecule has 0 aromatic heterocycles. The smallest absolute Gasteiger partial charge is 0.251 e. The van der Waals surface area contributed by atoms with Crippen molar-refractivity contribution >= 4 is 17.7 Å². The van der Waals surface area contributed by atoms with Crippen molar-refractivity contribution in [3.8, 4) is 11.8 Å². The number of carbonyl (C=O) groups is 3. The molecule has 0 saturated carbocycles. The van der Waals surface area contributed by atoms with Gasteiger partial charge in [-0.05, 0) is 43.5 Å². The molecular formula is C22H31N3O6. The van der Waals surface area contributed by atoms with E-state index in [1.807, 2.05) is 0 Å². The summed E-state index contributed by atoms with van der Waals surface area (Å²) < 4.78 is 4.86. The minimum absolute atomic E-state index is 0.0368. The number of aliphatic hydroxyl groups is 1. The normalized spacial score (nSPS) is 11.1. The van der Waals surface area contributed by atoms with Gasteiger partial charge >= 0.3 is 0 Å². The zero-order chi connectivity index (χ0) is 22.9. The van der Waals surface area contributed by atoms with E-state index in [0.717, 1.165) is 31.2 Å². The molecule has 9 heteroatoms. The van der Waals surface area contributed by atoms with Crippen LogP contribution in [0.4, 0.5) is 0 Å². The van der Waals surface area contributed by atoms with Crippen molar-refractivity contribution < 1.29 is 29.4 Å². The Kier molecular flexibility index (Phi) is 13.3. The van der Waals surface area contributed by atoms with Gasteiger partial charge in [0.05, 0.1) is 0 Å². The number of carbonyl (C=O) groups excluding carboxylic acids is 3.